The second kappa shape index (κ2) is 5.47. The van der Waals surface area contributed by atoms with Crippen LogP contribution in [0.15, 0.2) is 0 Å². The topological polar surface area (TPSA) is 66.6 Å². The molecule has 0 aromatic rings. The molecule has 0 radical (unpaired) electrons. The van der Waals surface area contributed by atoms with Gasteiger partial charge in [0.05, 0.1) is 12.1 Å². The Bertz CT molecular complexity index is 219. The Balaban J connectivity index is 2.53. The van der Waals surface area contributed by atoms with Crippen LogP contribution in [0.4, 0.5) is 0 Å². The smallest absolute Gasteiger partial charge is 0.239 e. The number of likely N-dealkylation sites (tertiary alicyclic amines) is 1. The molecule has 15 heavy (non-hydrogen) atoms. The van der Waals surface area contributed by atoms with Crippen molar-refractivity contribution >= 4 is 5.91 Å². The van der Waals surface area contributed by atoms with Crippen molar-refractivity contribution in [3.05, 3.63) is 0 Å². The highest BCUT2D eigenvalue weighted by atomic mass is 16.3. The summed E-state index contributed by atoms with van der Waals surface area (Å²) in [6.07, 6.45) is 2.46. The van der Waals surface area contributed by atoms with Gasteiger partial charge in [-0.2, -0.15) is 0 Å². The summed E-state index contributed by atoms with van der Waals surface area (Å²) in [5.41, 5.74) is 5.57. The fourth-order valence-corrected chi connectivity index (χ4v) is 2.16. The number of rotatable bonds is 3. The molecule has 4 nitrogen and oxygen atoms in total. The van der Waals surface area contributed by atoms with Crippen LogP contribution in [0.25, 0.3) is 0 Å². The Morgan fingerprint density at radius 2 is 2.33 bits per heavy atom. The number of piperidine rings is 1. The molecule has 1 saturated heterocycles. The number of carbonyl (C=O) groups excluding carboxylic acids is 1. The molecule has 0 aliphatic carbocycles. The van der Waals surface area contributed by atoms with E-state index in [2.05, 4.69) is 6.92 Å². The van der Waals surface area contributed by atoms with Crippen LogP contribution in [0.5, 0.6) is 0 Å². The van der Waals surface area contributed by atoms with Crippen LogP contribution in [-0.4, -0.2) is 41.1 Å². The zero-order valence-corrected chi connectivity index (χ0v) is 9.65. The quantitative estimate of drug-likeness (QED) is 0.712. The third kappa shape index (κ3) is 3.18. The van der Waals surface area contributed by atoms with E-state index in [9.17, 15) is 9.90 Å². The molecule has 0 bridgehead atoms. The van der Waals surface area contributed by atoms with E-state index in [1.165, 1.54) is 0 Å². The fraction of sp³-hybridized carbons (Fsp3) is 0.909. The van der Waals surface area contributed by atoms with Crippen molar-refractivity contribution in [2.24, 2.45) is 11.7 Å². The number of hydrogen-bond donors (Lipinski definition) is 2. The van der Waals surface area contributed by atoms with Crippen LogP contribution in [0.1, 0.15) is 33.1 Å². The number of amides is 1. The third-order valence-corrected chi connectivity index (χ3v) is 3.05. The number of hydrogen-bond acceptors (Lipinski definition) is 3. The highest BCUT2D eigenvalue weighted by molar-refractivity contribution is 5.81. The lowest BCUT2D eigenvalue weighted by atomic mass is 9.90. The van der Waals surface area contributed by atoms with E-state index in [1.54, 1.807) is 11.8 Å². The molecule has 88 valence electrons. The van der Waals surface area contributed by atoms with E-state index in [0.717, 1.165) is 12.8 Å². The molecule has 1 aliphatic rings. The summed E-state index contributed by atoms with van der Waals surface area (Å²) < 4.78 is 0. The molecule has 0 saturated carbocycles. The number of aliphatic hydroxyl groups is 1. The van der Waals surface area contributed by atoms with Gasteiger partial charge in [0.2, 0.25) is 5.91 Å². The molecule has 0 aromatic carbocycles. The van der Waals surface area contributed by atoms with E-state index < -0.39 is 6.04 Å². The van der Waals surface area contributed by atoms with E-state index in [1.807, 2.05) is 0 Å². The maximum atomic E-state index is 11.7. The second-order valence-electron chi connectivity index (χ2n) is 4.48. The zero-order chi connectivity index (χ0) is 11.4. The molecule has 1 heterocycles. The van der Waals surface area contributed by atoms with Gasteiger partial charge in [0.1, 0.15) is 0 Å². The lowest BCUT2D eigenvalue weighted by molar-refractivity contribution is -0.136. The number of nitrogens with two attached hydrogens (primary N) is 1. The molecule has 0 spiro atoms. The molecule has 3 atom stereocenters. The largest absolute Gasteiger partial charge is 0.393 e. The molecule has 3 N–H and O–H groups in total. The molecule has 4 heteroatoms. The molecule has 1 aliphatic heterocycles. The van der Waals surface area contributed by atoms with E-state index in [0.29, 0.717) is 19.5 Å². The average molecular weight is 214 g/mol. The van der Waals surface area contributed by atoms with E-state index >= 15 is 0 Å². The van der Waals surface area contributed by atoms with Crippen molar-refractivity contribution in [1.82, 2.24) is 4.90 Å². The Kier molecular flexibility index (Phi) is 4.54. The summed E-state index contributed by atoms with van der Waals surface area (Å²) in [6, 6.07) is -0.428. The van der Waals surface area contributed by atoms with Gasteiger partial charge in [-0.3, -0.25) is 4.79 Å². The maximum Gasteiger partial charge on any atom is 0.239 e. The summed E-state index contributed by atoms with van der Waals surface area (Å²) in [7, 11) is 0. The minimum atomic E-state index is -0.428. The van der Waals surface area contributed by atoms with Crippen molar-refractivity contribution in [3.8, 4) is 0 Å². The monoisotopic (exact) mass is 214 g/mol. The predicted octanol–water partition coefficient (Wildman–Crippen LogP) is 0.343. The van der Waals surface area contributed by atoms with Gasteiger partial charge >= 0.3 is 0 Å². The number of carbonyl (C=O) groups is 1. The normalized spacial score (nSPS) is 28.9. The Morgan fingerprint density at radius 1 is 1.67 bits per heavy atom. The lowest BCUT2D eigenvalue weighted by Gasteiger charge is -2.37. The summed E-state index contributed by atoms with van der Waals surface area (Å²) in [5.74, 6) is 0.231. The van der Waals surface area contributed by atoms with Crippen LogP contribution in [0.3, 0.4) is 0 Å². The maximum absolute atomic E-state index is 11.7. The van der Waals surface area contributed by atoms with Crippen molar-refractivity contribution in [2.75, 3.05) is 13.1 Å². The fourth-order valence-electron chi connectivity index (χ4n) is 2.16. The van der Waals surface area contributed by atoms with Crippen LogP contribution >= 0.6 is 0 Å². The first-order valence-electron chi connectivity index (χ1n) is 5.78. The van der Waals surface area contributed by atoms with Gasteiger partial charge in [-0.05, 0) is 19.8 Å². The van der Waals surface area contributed by atoms with Crippen molar-refractivity contribution < 1.29 is 9.90 Å². The van der Waals surface area contributed by atoms with Crippen LogP contribution < -0.4 is 5.73 Å². The number of nitrogens with zero attached hydrogens (tertiary/aromatic N) is 1. The first kappa shape index (κ1) is 12.5. The zero-order valence-electron chi connectivity index (χ0n) is 9.65. The van der Waals surface area contributed by atoms with E-state index in [-0.39, 0.29) is 17.9 Å². The predicted molar refractivity (Wildman–Crippen MR) is 59.3 cm³/mol. The second-order valence-corrected chi connectivity index (χ2v) is 4.48. The van der Waals surface area contributed by atoms with Crippen molar-refractivity contribution in [2.45, 2.75) is 45.3 Å². The summed E-state index contributed by atoms with van der Waals surface area (Å²) in [4.78, 5) is 13.5. The van der Waals surface area contributed by atoms with Crippen molar-refractivity contribution in [3.63, 3.8) is 0 Å². The minimum Gasteiger partial charge on any atom is -0.393 e. The summed E-state index contributed by atoms with van der Waals surface area (Å²) in [6.45, 7) is 5.11. The summed E-state index contributed by atoms with van der Waals surface area (Å²) >= 11 is 0. The standard InChI is InChI=1S/C11H22N2O2/c1-3-4-9-7-13(6-5-10(9)14)11(15)8(2)12/h8-10,14H,3-7,12H2,1-2H3/t8-,9+,10-/m0/s1. The molecule has 1 fully saturated rings. The Labute approximate surface area is 91.4 Å². The Hall–Kier alpha value is -0.610. The Morgan fingerprint density at radius 3 is 2.87 bits per heavy atom. The highest BCUT2D eigenvalue weighted by Gasteiger charge is 2.30. The molecule has 1 rings (SSSR count). The molecule has 0 aromatic heterocycles. The van der Waals surface area contributed by atoms with E-state index in [4.69, 9.17) is 5.73 Å². The molecular weight excluding hydrogens is 192 g/mol. The lowest BCUT2D eigenvalue weighted by Crippen LogP contribution is -2.50. The van der Waals surface area contributed by atoms with Gasteiger partial charge in [0.15, 0.2) is 0 Å². The van der Waals surface area contributed by atoms with Gasteiger partial charge in [-0.25, -0.2) is 0 Å². The van der Waals surface area contributed by atoms with Crippen LogP contribution in [0.2, 0.25) is 0 Å². The van der Waals surface area contributed by atoms with Crippen LogP contribution in [0, 0.1) is 5.92 Å². The molecule has 0 unspecified atom stereocenters. The van der Waals surface area contributed by atoms with Gasteiger partial charge in [0, 0.05) is 19.0 Å². The van der Waals surface area contributed by atoms with Gasteiger partial charge < -0.3 is 15.7 Å². The van der Waals surface area contributed by atoms with Crippen molar-refractivity contribution in [1.29, 1.82) is 0 Å². The third-order valence-electron chi connectivity index (χ3n) is 3.05. The van der Waals surface area contributed by atoms with Gasteiger partial charge in [-0.1, -0.05) is 13.3 Å². The SMILES string of the molecule is CCC[C@@H]1CN(C(=O)[C@H](C)N)CC[C@@H]1O. The van der Waals surface area contributed by atoms with Gasteiger partial charge in [0.25, 0.3) is 0 Å². The number of aliphatic hydroxyl groups excluding tert-OH is 1. The molecule has 1 amide bonds. The minimum absolute atomic E-state index is 0.00278. The molecular formula is C11H22N2O2. The highest BCUT2D eigenvalue weighted by Crippen LogP contribution is 2.21. The average Bonchev–Trinajstić information content (AvgIpc) is 2.20. The van der Waals surface area contributed by atoms with Crippen LogP contribution in [-0.2, 0) is 4.79 Å². The first-order chi connectivity index (χ1) is 7.06. The summed E-state index contributed by atoms with van der Waals surface area (Å²) in [5, 5.41) is 9.77. The van der Waals surface area contributed by atoms with Gasteiger partial charge in [-0.15, -0.1) is 0 Å². The first-order valence-corrected chi connectivity index (χ1v) is 5.78.